The number of likely N-dealkylation sites (N-methyl/N-ethyl adjacent to an activating group) is 1. The fraction of sp³-hybridized carbons (Fsp3) is 0.333. The Kier molecular flexibility index (Phi) is 6.25. The lowest BCUT2D eigenvalue weighted by Crippen LogP contribution is -2.37. The molecular formula is C12H16Cl2N2O2S2. The van der Waals surface area contributed by atoms with Crippen molar-refractivity contribution in [1.29, 1.82) is 0 Å². The molecule has 0 fully saturated rings. The molecule has 20 heavy (non-hydrogen) atoms. The number of hydrogen-bond donors (Lipinski definition) is 2. The molecule has 2 N–H and O–H groups in total. The molecule has 1 aromatic heterocycles. The highest BCUT2D eigenvalue weighted by molar-refractivity contribution is 7.90. The molecule has 1 aromatic carbocycles. The van der Waals surface area contributed by atoms with Crippen LogP contribution in [-0.4, -0.2) is 28.1 Å². The molecule has 0 aliphatic rings. The normalized spacial score (nSPS) is 13.2. The van der Waals surface area contributed by atoms with Crippen LogP contribution in [0.1, 0.15) is 6.92 Å². The minimum atomic E-state index is -3.50. The Labute approximate surface area is 134 Å². The van der Waals surface area contributed by atoms with Crippen LogP contribution in [0.5, 0.6) is 0 Å². The lowest BCUT2D eigenvalue weighted by Gasteiger charge is -2.11. The van der Waals surface area contributed by atoms with E-state index in [4.69, 9.17) is 11.6 Å². The summed E-state index contributed by atoms with van der Waals surface area (Å²) in [5.74, 6) is 0. The molecule has 8 heteroatoms. The van der Waals surface area contributed by atoms with Gasteiger partial charge in [0.25, 0.3) is 0 Å². The van der Waals surface area contributed by atoms with E-state index >= 15 is 0 Å². The summed E-state index contributed by atoms with van der Waals surface area (Å²) in [7, 11) is -1.71. The summed E-state index contributed by atoms with van der Waals surface area (Å²) in [5, 5.41) is 5.83. The van der Waals surface area contributed by atoms with Crippen molar-refractivity contribution in [3.63, 3.8) is 0 Å². The average molecular weight is 355 g/mol. The number of nitrogens with one attached hydrogen (secondary N) is 2. The lowest BCUT2D eigenvalue weighted by atomic mass is 10.3. The van der Waals surface area contributed by atoms with Crippen molar-refractivity contribution in [2.75, 3.05) is 13.6 Å². The smallest absolute Gasteiger partial charge is 0.242 e. The maximum atomic E-state index is 12.3. The Morgan fingerprint density at radius 3 is 2.75 bits per heavy atom. The van der Waals surface area contributed by atoms with Crippen LogP contribution in [0.3, 0.4) is 0 Å². The number of hydrogen-bond acceptors (Lipinski definition) is 4. The molecule has 2 rings (SSSR count). The molecular weight excluding hydrogens is 339 g/mol. The molecule has 0 radical (unpaired) electrons. The molecule has 0 saturated heterocycles. The maximum absolute atomic E-state index is 12.3. The predicted molar refractivity (Wildman–Crippen MR) is 87.8 cm³/mol. The Morgan fingerprint density at radius 1 is 1.40 bits per heavy atom. The van der Waals surface area contributed by atoms with E-state index in [1.807, 2.05) is 13.0 Å². The molecule has 0 aliphatic carbocycles. The first-order valence-corrected chi connectivity index (χ1v) is 8.52. The highest BCUT2D eigenvalue weighted by atomic mass is 35.5. The molecule has 112 valence electrons. The number of thiophene rings is 1. The number of sulfonamides is 1. The van der Waals surface area contributed by atoms with Gasteiger partial charge in [0.2, 0.25) is 10.0 Å². The first-order chi connectivity index (χ1) is 8.94. The van der Waals surface area contributed by atoms with Crippen LogP contribution in [0.15, 0.2) is 28.5 Å². The van der Waals surface area contributed by atoms with Crippen LogP contribution in [0, 0.1) is 0 Å². The van der Waals surface area contributed by atoms with Gasteiger partial charge in [-0.1, -0.05) is 11.6 Å². The standard InChI is InChI=1S/C12H15ClN2O2S2.ClH/c1-8(14-2)6-15-19(16,17)12-7-18-11-4-3-9(13)5-10(11)12;/h3-5,7-8,14-15H,6H2,1-2H3;1H. The van der Waals surface area contributed by atoms with Gasteiger partial charge in [0, 0.05) is 33.1 Å². The molecule has 0 saturated carbocycles. The van der Waals surface area contributed by atoms with E-state index in [9.17, 15) is 8.42 Å². The summed E-state index contributed by atoms with van der Waals surface area (Å²) in [5.41, 5.74) is 0. The van der Waals surface area contributed by atoms with Crippen LogP contribution in [0.25, 0.3) is 10.1 Å². The molecule has 0 amide bonds. The summed E-state index contributed by atoms with van der Waals surface area (Å²) >= 11 is 7.32. The topological polar surface area (TPSA) is 58.2 Å². The van der Waals surface area contributed by atoms with Crippen molar-refractivity contribution >= 4 is 55.5 Å². The van der Waals surface area contributed by atoms with Gasteiger partial charge in [-0.15, -0.1) is 23.7 Å². The first-order valence-electron chi connectivity index (χ1n) is 5.77. The number of halogens is 2. The zero-order valence-corrected chi connectivity index (χ0v) is 14.2. The lowest BCUT2D eigenvalue weighted by molar-refractivity contribution is 0.555. The molecule has 1 unspecified atom stereocenters. The SMILES string of the molecule is CNC(C)CNS(=O)(=O)c1csc2ccc(Cl)cc12.Cl. The van der Waals surface area contributed by atoms with Crippen molar-refractivity contribution < 1.29 is 8.42 Å². The summed E-state index contributed by atoms with van der Waals surface area (Å²) in [6, 6.07) is 5.34. The molecule has 4 nitrogen and oxygen atoms in total. The second kappa shape index (κ2) is 7.06. The molecule has 0 aliphatic heterocycles. The van der Waals surface area contributed by atoms with Crippen molar-refractivity contribution in [3.05, 3.63) is 28.6 Å². The van der Waals surface area contributed by atoms with Gasteiger partial charge in [0.15, 0.2) is 0 Å². The average Bonchev–Trinajstić information content (AvgIpc) is 2.79. The van der Waals surface area contributed by atoms with E-state index in [1.165, 1.54) is 11.3 Å². The molecule has 0 spiro atoms. The van der Waals surface area contributed by atoms with Crippen LogP contribution in [-0.2, 0) is 10.0 Å². The van der Waals surface area contributed by atoms with Crippen molar-refractivity contribution in [2.45, 2.75) is 17.9 Å². The minimum Gasteiger partial charge on any atom is -0.316 e. The van der Waals surface area contributed by atoms with Gasteiger partial charge in [-0.2, -0.15) is 0 Å². The Bertz CT molecular complexity index is 686. The summed E-state index contributed by atoms with van der Waals surface area (Å²) < 4.78 is 28.0. The third kappa shape index (κ3) is 3.84. The van der Waals surface area contributed by atoms with Gasteiger partial charge in [-0.25, -0.2) is 13.1 Å². The van der Waals surface area contributed by atoms with E-state index in [0.29, 0.717) is 21.8 Å². The number of fused-ring (bicyclic) bond motifs is 1. The van der Waals surface area contributed by atoms with Crippen molar-refractivity contribution in [2.24, 2.45) is 0 Å². The summed E-state index contributed by atoms with van der Waals surface area (Å²) in [4.78, 5) is 0.290. The molecule has 1 heterocycles. The van der Waals surface area contributed by atoms with E-state index in [1.54, 1.807) is 24.6 Å². The zero-order chi connectivity index (χ0) is 14.0. The van der Waals surface area contributed by atoms with Gasteiger partial charge in [-0.3, -0.25) is 0 Å². The Balaban J connectivity index is 0.00000200. The Morgan fingerprint density at radius 2 is 2.10 bits per heavy atom. The fourth-order valence-electron chi connectivity index (χ4n) is 1.60. The van der Waals surface area contributed by atoms with E-state index in [2.05, 4.69) is 10.0 Å². The highest BCUT2D eigenvalue weighted by Crippen LogP contribution is 2.31. The van der Waals surface area contributed by atoms with Crippen LogP contribution in [0.4, 0.5) is 0 Å². The number of rotatable bonds is 5. The van der Waals surface area contributed by atoms with Gasteiger partial charge < -0.3 is 5.32 Å². The Hall–Kier alpha value is -0.370. The van der Waals surface area contributed by atoms with Crippen LogP contribution >= 0.6 is 35.3 Å². The summed E-state index contributed by atoms with van der Waals surface area (Å²) in [6.07, 6.45) is 0. The predicted octanol–water partition coefficient (Wildman–Crippen LogP) is 2.86. The van der Waals surface area contributed by atoms with Crippen molar-refractivity contribution in [3.8, 4) is 0 Å². The van der Waals surface area contributed by atoms with Gasteiger partial charge in [0.1, 0.15) is 4.90 Å². The minimum absolute atomic E-state index is 0. The van der Waals surface area contributed by atoms with Crippen LogP contribution < -0.4 is 10.0 Å². The fourth-order valence-corrected chi connectivity index (χ4v) is 4.38. The number of benzene rings is 1. The third-order valence-corrected chi connectivity index (χ3v) is 5.67. The monoisotopic (exact) mass is 354 g/mol. The van der Waals surface area contributed by atoms with Crippen molar-refractivity contribution in [1.82, 2.24) is 10.0 Å². The second-order valence-corrected chi connectivity index (χ2v) is 7.37. The van der Waals surface area contributed by atoms with Gasteiger partial charge in [0.05, 0.1) is 0 Å². The highest BCUT2D eigenvalue weighted by Gasteiger charge is 2.19. The van der Waals surface area contributed by atoms with Gasteiger partial charge in [-0.05, 0) is 32.2 Å². The van der Waals surface area contributed by atoms with E-state index < -0.39 is 10.0 Å². The largest absolute Gasteiger partial charge is 0.316 e. The molecule has 1 atom stereocenters. The molecule has 2 aromatic rings. The first kappa shape index (κ1) is 17.7. The van der Waals surface area contributed by atoms with Crippen LogP contribution in [0.2, 0.25) is 5.02 Å². The molecule has 0 bridgehead atoms. The zero-order valence-electron chi connectivity index (χ0n) is 11.0. The second-order valence-electron chi connectivity index (χ2n) is 4.28. The van der Waals surface area contributed by atoms with E-state index in [-0.39, 0.29) is 18.4 Å². The quantitative estimate of drug-likeness (QED) is 0.867. The van der Waals surface area contributed by atoms with Gasteiger partial charge >= 0.3 is 0 Å². The van der Waals surface area contributed by atoms with E-state index in [0.717, 1.165) is 4.70 Å². The third-order valence-electron chi connectivity index (χ3n) is 2.86. The maximum Gasteiger partial charge on any atom is 0.242 e. The summed E-state index contributed by atoms with van der Waals surface area (Å²) in [6.45, 7) is 2.25.